The van der Waals surface area contributed by atoms with Crippen molar-refractivity contribution in [3.05, 3.63) is 24.3 Å². The third-order valence-electron chi connectivity index (χ3n) is 1.78. The quantitative estimate of drug-likeness (QED) is 0.512. The van der Waals surface area contributed by atoms with Gasteiger partial charge in [-0.3, -0.25) is 0 Å². The van der Waals surface area contributed by atoms with Crippen molar-refractivity contribution in [2.24, 2.45) is 0 Å². The van der Waals surface area contributed by atoms with Gasteiger partial charge in [-0.15, -0.1) is 0 Å². The number of hydrogen-bond acceptors (Lipinski definition) is 3. The smallest absolute Gasteiger partial charge is 0.423 e. The first-order valence-electron chi connectivity index (χ1n) is 3.68. The summed E-state index contributed by atoms with van der Waals surface area (Å²) in [6, 6.07) is 4.44. The Bertz CT molecular complexity index is 443. The summed E-state index contributed by atoms with van der Waals surface area (Å²) in [4.78, 5) is 5.88. The van der Waals surface area contributed by atoms with Crippen LogP contribution >= 0.6 is 0 Å². The lowest BCUT2D eigenvalue weighted by Crippen LogP contribution is -2.29. The molecule has 2 aromatic rings. The van der Waals surface area contributed by atoms with E-state index in [1.54, 1.807) is 0 Å². The number of fused-ring (bicyclic) bond motifs is 1. The zero-order chi connectivity index (χ0) is 9.42. The van der Waals surface area contributed by atoms with Gasteiger partial charge in [0.05, 0.1) is 11.0 Å². The Morgan fingerprint density at radius 1 is 1.38 bits per heavy atom. The molecular formula is C7H6BFN2O2. The van der Waals surface area contributed by atoms with E-state index in [4.69, 9.17) is 10.0 Å². The number of benzene rings is 1. The number of aromatic amines is 1. The molecule has 0 unspecified atom stereocenters. The molecule has 1 aromatic carbocycles. The van der Waals surface area contributed by atoms with E-state index in [2.05, 4.69) is 9.97 Å². The molecule has 13 heavy (non-hydrogen) atoms. The average Bonchev–Trinajstić information content (AvgIpc) is 2.42. The molecule has 0 saturated heterocycles. The van der Waals surface area contributed by atoms with Crippen molar-refractivity contribution in [3.8, 4) is 0 Å². The Morgan fingerprint density at radius 3 is 2.85 bits per heavy atom. The largest absolute Gasteiger partial charge is 0.488 e. The number of hydrogen-bond donors (Lipinski definition) is 3. The predicted octanol–water partition coefficient (Wildman–Crippen LogP) is -0.618. The highest BCUT2D eigenvalue weighted by Gasteiger charge is 2.12. The van der Waals surface area contributed by atoms with Crippen LogP contribution in [0, 0.1) is 6.08 Å². The monoisotopic (exact) mass is 180 g/mol. The van der Waals surface area contributed by atoms with Crippen LogP contribution in [0.4, 0.5) is 4.39 Å². The maximum Gasteiger partial charge on any atom is 0.488 e. The average molecular weight is 180 g/mol. The van der Waals surface area contributed by atoms with Crippen LogP contribution in [0.2, 0.25) is 0 Å². The van der Waals surface area contributed by atoms with Crippen LogP contribution < -0.4 is 5.46 Å². The van der Waals surface area contributed by atoms with Crippen LogP contribution in [-0.2, 0) is 0 Å². The summed E-state index contributed by atoms with van der Waals surface area (Å²) in [5.74, 6) is 0. The maximum absolute atomic E-state index is 12.6. The SMILES string of the molecule is OB(O)c1ccc2nc(F)[nH]c2c1. The lowest BCUT2D eigenvalue weighted by atomic mass is 9.80. The van der Waals surface area contributed by atoms with Crippen LogP contribution in [0.15, 0.2) is 18.2 Å². The van der Waals surface area contributed by atoms with E-state index in [1.165, 1.54) is 18.2 Å². The highest BCUT2D eigenvalue weighted by atomic mass is 19.1. The first kappa shape index (κ1) is 8.21. The van der Waals surface area contributed by atoms with Crippen molar-refractivity contribution in [2.45, 2.75) is 0 Å². The molecule has 3 N–H and O–H groups in total. The van der Waals surface area contributed by atoms with Gasteiger partial charge in [-0.1, -0.05) is 6.07 Å². The predicted molar refractivity (Wildman–Crippen MR) is 45.9 cm³/mol. The second-order valence-electron chi connectivity index (χ2n) is 2.68. The third-order valence-corrected chi connectivity index (χ3v) is 1.78. The van der Waals surface area contributed by atoms with Crippen molar-refractivity contribution < 1.29 is 14.4 Å². The number of imidazole rings is 1. The minimum Gasteiger partial charge on any atom is -0.423 e. The second kappa shape index (κ2) is 2.83. The van der Waals surface area contributed by atoms with Gasteiger partial charge in [0.1, 0.15) is 0 Å². The lowest BCUT2D eigenvalue weighted by molar-refractivity contribution is 0.426. The van der Waals surface area contributed by atoms with Gasteiger partial charge in [0.15, 0.2) is 0 Å². The van der Waals surface area contributed by atoms with E-state index in [0.717, 1.165) is 0 Å². The standard InChI is InChI=1S/C7H6BFN2O2/c9-7-10-5-2-1-4(8(12)13)3-6(5)11-7/h1-3,12-13H,(H,10,11). The molecule has 0 saturated carbocycles. The number of aromatic nitrogens is 2. The molecule has 1 heterocycles. The summed E-state index contributed by atoms with van der Waals surface area (Å²) >= 11 is 0. The molecule has 0 amide bonds. The van der Waals surface area contributed by atoms with Crippen molar-refractivity contribution >= 4 is 23.6 Å². The molecule has 0 fully saturated rings. The van der Waals surface area contributed by atoms with Gasteiger partial charge in [-0.25, -0.2) is 4.98 Å². The zero-order valence-electron chi connectivity index (χ0n) is 6.53. The molecule has 66 valence electrons. The van der Waals surface area contributed by atoms with Crippen molar-refractivity contribution in [1.82, 2.24) is 9.97 Å². The number of nitrogens with one attached hydrogen (secondary N) is 1. The van der Waals surface area contributed by atoms with Gasteiger partial charge >= 0.3 is 7.12 Å². The summed E-state index contributed by atoms with van der Waals surface area (Å²) in [6.45, 7) is 0. The normalized spacial score (nSPS) is 10.7. The molecule has 0 aliphatic rings. The molecule has 0 aliphatic carbocycles. The van der Waals surface area contributed by atoms with Crippen LogP contribution in [-0.4, -0.2) is 27.1 Å². The number of halogens is 1. The molecule has 0 aliphatic heterocycles. The van der Waals surface area contributed by atoms with Crippen LogP contribution in [0.3, 0.4) is 0 Å². The Morgan fingerprint density at radius 2 is 2.15 bits per heavy atom. The molecule has 0 atom stereocenters. The van der Waals surface area contributed by atoms with E-state index < -0.39 is 13.2 Å². The van der Waals surface area contributed by atoms with Crippen LogP contribution in [0.5, 0.6) is 0 Å². The fourth-order valence-corrected chi connectivity index (χ4v) is 1.16. The highest BCUT2D eigenvalue weighted by Crippen LogP contribution is 2.07. The summed E-state index contributed by atoms with van der Waals surface area (Å²) in [7, 11) is -1.55. The van der Waals surface area contributed by atoms with Gasteiger partial charge in [0, 0.05) is 0 Å². The molecule has 4 nitrogen and oxygen atoms in total. The number of H-pyrrole nitrogens is 1. The zero-order valence-corrected chi connectivity index (χ0v) is 6.53. The van der Waals surface area contributed by atoms with Crippen molar-refractivity contribution in [2.75, 3.05) is 0 Å². The summed E-state index contributed by atoms with van der Waals surface area (Å²) in [5.41, 5.74) is 1.21. The van der Waals surface area contributed by atoms with Gasteiger partial charge in [0.25, 0.3) is 6.08 Å². The molecule has 2 rings (SSSR count). The molecule has 6 heteroatoms. The van der Waals surface area contributed by atoms with Crippen molar-refractivity contribution in [1.29, 1.82) is 0 Å². The van der Waals surface area contributed by atoms with Gasteiger partial charge in [-0.05, 0) is 17.6 Å². The van der Waals surface area contributed by atoms with E-state index in [-0.39, 0.29) is 0 Å². The fraction of sp³-hybridized carbons (Fsp3) is 0. The van der Waals surface area contributed by atoms with E-state index >= 15 is 0 Å². The highest BCUT2D eigenvalue weighted by molar-refractivity contribution is 6.58. The number of rotatable bonds is 1. The fourth-order valence-electron chi connectivity index (χ4n) is 1.16. The van der Waals surface area contributed by atoms with Crippen molar-refractivity contribution in [3.63, 3.8) is 0 Å². The minimum atomic E-state index is -1.55. The van der Waals surface area contributed by atoms with Gasteiger partial charge in [-0.2, -0.15) is 4.39 Å². The Balaban J connectivity index is 2.61. The van der Waals surface area contributed by atoms with Gasteiger partial charge < -0.3 is 15.0 Å². The maximum atomic E-state index is 12.6. The summed E-state index contributed by atoms with van der Waals surface area (Å²) < 4.78 is 12.6. The lowest BCUT2D eigenvalue weighted by Gasteiger charge is -1.96. The molecule has 0 radical (unpaired) electrons. The van der Waals surface area contributed by atoms with Crippen LogP contribution in [0.25, 0.3) is 11.0 Å². The summed E-state index contributed by atoms with van der Waals surface area (Å²) in [5, 5.41) is 17.6. The third kappa shape index (κ3) is 1.41. The Labute approximate surface area is 73.2 Å². The minimum absolute atomic E-state index is 0.302. The summed E-state index contributed by atoms with van der Waals surface area (Å²) in [6.07, 6.45) is -0.681. The first-order valence-corrected chi connectivity index (χ1v) is 3.68. The van der Waals surface area contributed by atoms with E-state index in [1.807, 2.05) is 0 Å². The second-order valence-corrected chi connectivity index (χ2v) is 2.68. The number of nitrogens with zero attached hydrogens (tertiary/aromatic N) is 1. The Kier molecular flexibility index (Phi) is 1.79. The molecule has 0 bridgehead atoms. The van der Waals surface area contributed by atoms with Gasteiger partial charge in [0.2, 0.25) is 0 Å². The topological polar surface area (TPSA) is 69.1 Å². The molecule has 0 spiro atoms. The molecular weight excluding hydrogens is 174 g/mol. The van der Waals surface area contributed by atoms with E-state index in [0.29, 0.717) is 16.5 Å². The molecule has 1 aromatic heterocycles. The Hall–Kier alpha value is -1.40. The van der Waals surface area contributed by atoms with E-state index in [9.17, 15) is 4.39 Å². The first-order chi connectivity index (χ1) is 6.16. The van der Waals surface area contributed by atoms with Crippen LogP contribution in [0.1, 0.15) is 0 Å².